The van der Waals surface area contributed by atoms with Crippen LogP contribution in [0.5, 0.6) is 5.75 Å². The van der Waals surface area contributed by atoms with Crippen molar-refractivity contribution in [1.29, 1.82) is 5.26 Å². The van der Waals surface area contributed by atoms with E-state index >= 15 is 0 Å². The number of thiazole rings is 1. The summed E-state index contributed by atoms with van der Waals surface area (Å²) in [6.45, 7) is 11.3. The molecule has 2 aromatic carbocycles. The molecule has 1 atom stereocenters. The summed E-state index contributed by atoms with van der Waals surface area (Å²) in [4.78, 5) is 45.7. The molecule has 1 aliphatic heterocycles. The molecule has 5 rings (SSSR count). The summed E-state index contributed by atoms with van der Waals surface area (Å²) in [6.07, 6.45) is 7.62. The van der Waals surface area contributed by atoms with Gasteiger partial charge in [-0.2, -0.15) is 5.26 Å². The van der Waals surface area contributed by atoms with Gasteiger partial charge < -0.3 is 25.6 Å². The number of nitrogens with one attached hydrogen (secondary N) is 3. The van der Waals surface area contributed by atoms with Crippen LogP contribution in [0, 0.1) is 25.2 Å². The van der Waals surface area contributed by atoms with E-state index in [2.05, 4.69) is 58.9 Å². The first kappa shape index (κ1) is 41.7. The Kier molecular flexibility index (Phi) is 15.9. The molecule has 0 aliphatic carbocycles. The van der Waals surface area contributed by atoms with Gasteiger partial charge in [-0.1, -0.05) is 73.4 Å². The van der Waals surface area contributed by atoms with E-state index in [1.165, 1.54) is 16.3 Å². The normalized spacial score (nSPS) is 13.9. The monoisotopic (exact) mass is 795 g/mol. The van der Waals surface area contributed by atoms with Crippen molar-refractivity contribution in [1.82, 2.24) is 25.2 Å². The summed E-state index contributed by atoms with van der Waals surface area (Å²) >= 11 is 9.85. The molecule has 0 bridgehead atoms. The number of para-hydroxylation sites is 1. The Morgan fingerprint density at radius 2 is 1.84 bits per heavy atom. The summed E-state index contributed by atoms with van der Waals surface area (Å²) in [7, 11) is 0. The number of aromatic nitrogens is 3. The molecule has 0 saturated carbocycles. The average Bonchev–Trinajstić information content (AvgIpc) is 3.65. The zero-order valence-electron chi connectivity index (χ0n) is 31.6. The van der Waals surface area contributed by atoms with Gasteiger partial charge in [-0.3, -0.25) is 14.5 Å². The predicted molar refractivity (Wildman–Crippen MR) is 221 cm³/mol. The summed E-state index contributed by atoms with van der Waals surface area (Å²) in [6, 6.07) is 17.1. The maximum atomic E-state index is 12.9. The van der Waals surface area contributed by atoms with Crippen LogP contribution in [0.4, 0.5) is 22.5 Å². The number of halogens is 1. The van der Waals surface area contributed by atoms with Crippen LogP contribution in [0.2, 0.25) is 5.02 Å². The van der Waals surface area contributed by atoms with Crippen LogP contribution in [-0.2, 0) is 4.79 Å². The van der Waals surface area contributed by atoms with Crippen LogP contribution in [0.1, 0.15) is 78.1 Å². The van der Waals surface area contributed by atoms with E-state index in [-0.39, 0.29) is 23.4 Å². The van der Waals surface area contributed by atoms with Crippen molar-refractivity contribution in [2.75, 3.05) is 54.9 Å². The van der Waals surface area contributed by atoms with Gasteiger partial charge >= 0.3 is 0 Å². The largest absolute Gasteiger partial charge is 0.494 e. The lowest BCUT2D eigenvalue weighted by Crippen LogP contribution is -2.47. The molecule has 2 aromatic heterocycles. The first-order valence-electron chi connectivity index (χ1n) is 18.6. The van der Waals surface area contributed by atoms with Crippen molar-refractivity contribution in [2.45, 2.75) is 65.3 Å². The number of hydrogen-bond donors (Lipinski definition) is 3. The zero-order valence-corrected chi connectivity index (χ0v) is 34.3. The lowest BCUT2D eigenvalue weighted by molar-refractivity contribution is -0.117. The summed E-state index contributed by atoms with van der Waals surface area (Å²) in [5.74, 6) is 2.35. The highest BCUT2D eigenvalue weighted by Crippen LogP contribution is 2.29. The zero-order chi connectivity index (χ0) is 39.2. The van der Waals surface area contributed by atoms with Crippen LogP contribution in [0.3, 0.4) is 0 Å². The maximum Gasteiger partial charge on any atom is 0.267 e. The van der Waals surface area contributed by atoms with E-state index in [1.807, 2.05) is 62.4 Å². The number of anilines is 4. The van der Waals surface area contributed by atoms with Crippen molar-refractivity contribution in [2.24, 2.45) is 0 Å². The van der Waals surface area contributed by atoms with E-state index in [9.17, 15) is 9.59 Å². The second-order valence-electron chi connectivity index (χ2n) is 13.4. The van der Waals surface area contributed by atoms with Gasteiger partial charge in [-0.25, -0.2) is 15.0 Å². The quantitative estimate of drug-likeness (QED) is 0.0400. The Morgan fingerprint density at radius 1 is 1.07 bits per heavy atom. The molecule has 2 radical (unpaired) electrons. The highest BCUT2D eigenvalue weighted by molar-refractivity contribution is 7.17. The molecule has 286 valence electrons. The Hall–Kier alpha value is -4.50. The summed E-state index contributed by atoms with van der Waals surface area (Å²) < 4.78 is 6.00. The fraction of sp³-hybridized carbons (Fsp3) is 0.400. The molecule has 1 aliphatic rings. The number of ether oxygens (including phenoxy) is 1. The second kappa shape index (κ2) is 21.0. The average molecular weight is 796 g/mol. The minimum Gasteiger partial charge on any atom is -0.494 e. The lowest BCUT2D eigenvalue weighted by atomic mass is 10.0. The van der Waals surface area contributed by atoms with Gasteiger partial charge in [0, 0.05) is 32.2 Å². The van der Waals surface area contributed by atoms with E-state index in [0.717, 1.165) is 93.9 Å². The third-order valence-electron chi connectivity index (χ3n) is 9.28. The lowest BCUT2D eigenvalue weighted by Gasteiger charge is -2.35. The van der Waals surface area contributed by atoms with Crippen LogP contribution < -0.4 is 25.6 Å². The smallest absolute Gasteiger partial charge is 0.267 e. The number of carbonyl (C=O) groups is 2. The van der Waals surface area contributed by atoms with Gasteiger partial charge in [0.05, 0.1) is 35.1 Å². The predicted octanol–water partition coefficient (Wildman–Crippen LogP) is 7.49. The van der Waals surface area contributed by atoms with E-state index in [4.69, 9.17) is 26.6 Å². The Bertz CT molecular complexity index is 1960. The van der Waals surface area contributed by atoms with E-state index < -0.39 is 0 Å². The van der Waals surface area contributed by atoms with Crippen molar-refractivity contribution in [3.8, 4) is 11.8 Å². The number of amides is 2. The Balaban J connectivity index is 0.989. The molecule has 3 heterocycles. The number of nitrogens with zero attached hydrogens (tertiary/aromatic N) is 6. The third kappa shape index (κ3) is 12.2. The van der Waals surface area contributed by atoms with Gasteiger partial charge in [0.15, 0.2) is 21.4 Å². The van der Waals surface area contributed by atoms with Gasteiger partial charge in [0.25, 0.3) is 11.8 Å². The minimum atomic E-state index is -0.363. The molecule has 4 aromatic rings. The molecule has 0 spiro atoms. The number of unbranched alkanes of at least 4 members (excludes halogenated alkanes) is 3. The molecule has 12 nitrogen and oxygen atoms in total. The van der Waals surface area contributed by atoms with Crippen LogP contribution in [0.25, 0.3) is 0 Å². The van der Waals surface area contributed by atoms with Gasteiger partial charge in [-0.15, -0.1) is 4.94 Å². The van der Waals surface area contributed by atoms with Crippen molar-refractivity contribution >= 4 is 73.5 Å². The van der Waals surface area contributed by atoms with Crippen LogP contribution in [0.15, 0.2) is 65.2 Å². The maximum absolute atomic E-state index is 12.9. The number of benzene rings is 2. The highest BCUT2D eigenvalue weighted by atomic mass is 35.5. The van der Waals surface area contributed by atoms with E-state index in [1.54, 1.807) is 12.3 Å². The molecular formula is C40H47AlClN9O3S. The molecule has 15 heteroatoms. The molecule has 1 unspecified atom stereocenters. The number of piperazine rings is 1. The van der Waals surface area contributed by atoms with Crippen molar-refractivity contribution in [3.05, 3.63) is 92.1 Å². The molecule has 2 amide bonds. The van der Waals surface area contributed by atoms with E-state index in [0.29, 0.717) is 39.0 Å². The molecule has 3 N–H and O–H groups in total. The van der Waals surface area contributed by atoms with Crippen molar-refractivity contribution < 1.29 is 14.3 Å². The van der Waals surface area contributed by atoms with Crippen molar-refractivity contribution in [3.63, 3.8) is 0 Å². The summed E-state index contributed by atoms with van der Waals surface area (Å²) in [5.41, 5.74) is 2.56. The SMILES string of the molecule is CCCC(NC(=O)/C(C#N)=[CH]/[Al])c1ccc(OCCCCCCN2CCN(c3cc(Nc4ncc(C(=O)Nc5c(C)cccc5Cl)s4)nc(C)n3)CC2)cc1. The van der Waals surface area contributed by atoms with Crippen LogP contribution in [-0.4, -0.2) is 87.3 Å². The molecule has 55 heavy (non-hydrogen) atoms. The first-order valence-corrected chi connectivity index (χ1v) is 20.5. The topological polar surface area (TPSA) is 148 Å². The first-order chi connectivity index (χ1) is 26.7. The second-order valence-corrected chi connectivity index (χ2v) is 15.1. The Morgan fingerprint density at radius 3 is 2.55 bits per heavy atom. The Labute approximate surface area is 340 Å². The van der Waals surface area contributed by atoms with Crippen LogP contribution >= 0.6 is 22.9 Å². The molecule has 1 saturated heterocycles. The summed E-state index contributed by atoms with van der Waals surface area (Å²) in [5, 5.41) is 19.3. The van der Waals surface area contributed by atoms with Gasteiger partial charge in [0.1, 0.15) is 34.2 Å². The fourth-order valence-electron chi connectivity index (χ4n) is 6.28. The number of nitriles is 1. The molecule has 1 fully saturated rings. The fourth-order valence-corrected chi connectivity index (χ4v) is 7.49. The van der Waals surface area contributed by atoms with Gasteiger partial charge in [0.2, 0.25) is 0 Å². The standard InChI is InChI=1S/C40H47ClN9O3S.Al/c1-5-11-33(46-38(51)28(3)25-42)30-14-16-31(17-15-30)53-23-9-7-6-8-18-49-19-21-50(22-20-49)36-24-35(44-29(4)45-36)47-40-43-26-34(54-40)39(52)48-37-27(2)12-10-13-32(37)41;/h3,10,12-17,24,26,33H,5-9,11,18-23H2,1-2,4H3,(H,46,51)(H,48,52)(H,43,44,45,47);. The van der Waals surface area contributed by atoms with Gasteiger partial charge in [-0.05, 0) is 69.0 Å². The molecular weight excluding hydrogens is 749 g/mol. The highest BCUT2D eigenvalue weighted by Gasteiger charge is 2.20. The third-order valence-corrected chi connectivity index (χ3v) is 10.8. The number of carbonyl (C=O) groups excluding carboxylic acids is 2. The number of hydrogen-bond acceptors (Lipinski definition) is 11. The minimum absolute atomic E-state index is 0.0884. The number of aryl methyl sites for hydroxylation is 2. The number of rotatable bonds is 18.